The molecule has 7 nitrogen and oxygen atoms in total. The summed E-state index contributed by atoms with van der Waals surface area (Å²) in [6.07, 6.45) is 0. The molecule has 0 saturated carbocycles. The Hall–Kier alpha value is -3.45. The molecule has 1 amide bonds. The SMILES string of the molecule is Cc1cccc(NC(=O)c2ccc(Nc3ccccc3N3CCOCC3)nn2)c1. The van der Waals surface area contributed by atoms with Gasteiger partial charge in [0.05, 0.1) is 24.6 Å². The second-order valence-electron chi connectivity index (χ2n) is 6.87. The number of amides is 1. The van der Waals surface area contributed by atoms with E-state index in [0.717, 1.165) is 48.9 Å². The fraction of sp³-hybridized carbons (Fsp3) is 0.227. The molecule has 4 rings (SSSR count). The zero-order valence-electron chi connectivity index (χ0n) is 16.3. The molecule has 0 radical (unpaired) electrons. The molecule has 3 aromatic rings. The van der Waals surface area contributed by atoms with Crippen molar-refractivity contribution in [3.8, 4) is 0 Å². The molecule has 2 N–H and O–H groups in total. The minimum absolute atomic E-state index is 0.263. The number of ether oxygens (including phenoxy) is 1. The van der Waals surface area contributed by atoms with E-state index in [-0.39, 0.29) is 11.6 Å². The third-order valence-electron chi connectivity index (χ3n) is 4.69. The van der Waals surface area contributed by atoms with E-state index in [1.807, 2.05) is 49.4 Å². The van der Waals surface area contributed by atoms with Gasteiger partial charge in [0.2, 0.25) is 0 Å². The highest BCUT2D eigenvalue weighted by atomic mass is 16.5. The summed E-state index contributed by atoms with van der Waals surface area (Å²) in [5.41, 5.74) is 4.11. The van der Waals surface area contributed by atoms with E-state index in [9.17, 15) is 4.79 Å². The summed E-state index contributed by atoms with van der Waals surface area (Å²) in [6.45, 7) is 5.12. The first kappa shape index (κ1) is 18.9. The van der Waals surface area contributed by atoms with Crippen LogP contribution in [0.2, 0.25) is 0 Å². The van der Waals surface area contributed by atoms with Crippen molar-refractivity contribution < 1.29 is 9.53 Å². The minimum Gasteiger partial charge on any atom is -0.378 e. The number of nitrogens with one attached hydrogen (secondary N) is 2. The summed E-state index contributed by atoms with van der Waals surface area (Å²) >= 11 is 0. The Balaban J connectivity index is 1.45. The topological polar surface area (TPSA) is 79.4 Å². The van der Waals surface area contributed by atoms with E-state index in [4.69, 9.17) is 4.74 Å². The predicted molar refractivity (Wildman–Crippen MR) is 114 cm³/mol. The summed E-state index contributed by atoms with van der Waals surface area (Å²) < 4.78 is 5.44. The Labute approximate surface area is 169 Å². The first-order valence-electron chi connectivity index (χ1n) is 9.59. The summed E-state index contributed by atoms with van der Waals surface area (Å²) in [4.78, 5) is 14.7. The number of aryl methyl sites for hydroxylation is 1. The van der Waals surface area contributed by atoms with E-state index in [2.05, 4.69) is 31.8 Å². The summed E-state index contributed by atoms with van der Waals surface area (Å²) in [5, 5.41) is 14.4. The van der Waals surface area contributed by atoms with Gasteiger partial charge in [-0.3, -0.25) is 4.79 Å². The van der Waals surface area contributed by atoms with E-state index >= 15 is 0 Å². The van der Waals surface area contributed by atoms with E-state index in [1.54, 1.807) is 12.1 Å². The van der Waals surface area contributed by atoms with Gasteiger partial charge in [-0.2, -0.15) is 0 Å². The molecule has 1 aromatic heterocycles. The highest BCUT2D eigenvalue weighted by molar-refractivity contribution is 6.02. The average molecular weight is 389 g/mol. The molecular weight excluding hydrogens is 366 g/mol. The number of nitrogens with zero attached hydrogens (tertiary/aromatic N) is 3. The van der Waals surface area contributed by atoms with Crippen molar-refractivity contribution in [2.75, 3.05) is 41.8 Å². The maximum atomic E-state index is 12.4. The van der Waals surface area contributed by atoms with Gasteiger partial charge in [0.25, 0.3) is 5.91 Å². The Morgan fingerprint density at radius 1 is 1.00 bits per heavy atom. The van der Waals surface area contributed by atoms with Crippen LogP contribution in [0, 0.1) is 6.92 Å². The highest BCUT2D eigenvalue weighted by Gasteiger charge is 2.15. The number of benzene rings is 2. The van der Waals surface area contributed by atoms with Crippen LogP contribution in [0.25, 0.3) is 0 Å². The zero-order chi connectivity index (χ0) is 20.1. The average Bonchev–Trinajstić information content (AvgIpc) is 2.75. The molecule has 2 aromatic carbocycles. The van der Waals surface area contributed by atoms with Crippen LogP contribution >= 0.6 is 0 Å². The van der Waals surface area contributed by atoms with Crippen LogP contribution in [0.4, 0.5) is 22.9 Å². The summed E-state index contributed by atoms with van der Waals surface area (Å²) in [7, 11) is 0. The van der Waals surface area contributed by atoms with Crippen LogP contribution in [0.5, 0.6) is 0 Å². The van der Waals surface area contributed by atoms with Crippen LogP contribution in [0.15, 0.2) is 60.7 Å². The van der Waals surface area contributed by atoms with Gasteiger partial charge >= 0.3 is 0 Å². The monoisotopic (exact) mass is 389 g/mol. The number of hydrogen-bond donors (Lipinski definition) is 2. The molecule has 0 spiro atoms. The largest absolute Gasteiger partial charge is 0.378 e. The molecule has 29 heavy (non-hydrogen) atoms. The number of anilines is 4. The molecule has 2 heterocycles. The lowest BCUT2D eigenvalue weighted by Crippen LogP contribution is -2.36. The molecular formula is C22H23N5O2. The molecule has 0 aliphatic carbocycles. The Morgan fingerprint density at radius 3 is 2.59 bits per heavy atom. The predicted octanol–water partition coefficient (Wildman–Crippen LogP) is 3.62. The van der Waals surface area contributed by atoms with Crippen LogP contribution in [0.3, 0.4) is 0 Å². The van der Waals surface area contributed by atoms with Crippen LogP contribution < -0.4 is 15.5 Å². The lowest BCUT2D eigenvalue weighted by atomic mass is 10.2. The molecule has 0 bridgehead atoms. The maximum Gasteiger partial charge on any atom is 0.276 e. The Bertz CT molecular complexity index is 985. The van der Waals surface area contributed by atoms with Crippen molar-refractivity contribution >= 4 is 28.8 Å². The van der Waals surface area contributed by atoms with Crippen molar-refractivity contribution in [1.82, 2.24) is 10.2 Å². The summed E-state index contributed by atoms with van der Waals surface area (Å²) in [6, 6.07) is 19.1. The third-order valence-corrected chi connectivity index (χ3v) is 4.69. The highest BCUT2D eigenvalue weighted by Crippen LogP contribution is 2.28. The van der Waals surface area contributed by atoms with Crippen molar-refractivity contribution in [1.29, 1.82) is 0 Å². The second-order valence-corrected chi connectivity index (χ2v) is 6.87. The van der Waals surface area contributed by atoms with Gasteiger partial charge in [0.15, 0.2) is 11.5 Å². The molecule has 148 valence electrons. The van der Waals surface area contributed by atoms with Gasteiger partial charge in [-0.05, 0) is 48.9 Å². The molecule has 7 heteroatoms. The fourth-order valence-corrected chi connectivity index (χ4v) is 3.24. The van der Waals surface area contributed by atoms with Gasteiger partial charge < -0.3 is 20.3 Å². The van der Waals surface area contributed by atoms with E-state index in [0.29, 0.717) is 5.82 Å². The first-order chi connectivity index (χ1) is 14.2. The number of hydrogen-bond acceptors (Lipinski definition) is 6. The van der Waals surface area contributed by atoms with Crippen molar-refractivity contribution in [2.45, 2.75) is 6.92 Å². The number of carbonyl (C=O) groups excluding carboxylic acids is 1. The number of para-hydroxylation sites is 2. The van der Waals surface area contributed by atoms with E-state index < -0.39 is 0 Å². The first-order valence-corrected chi connectivity index (χ1v) is 9.59. The fourth-order valence-electron chi connectivity index (χ4n) is 3.24. The number of carbonyl (C=O) groups is 1. The maximum absolute atomic E-state index is 12.4. The lowest BCUT2D eigenvalue weighted by Gasteiger charge is -2.30. The van der Waals surface area contributed by atoms with Crippen molar-refractivity contribution in [2.24, 2.45) is 0 Å². The van der Waals surface area contributed by atoms with Crippen molar-refractivity contribution in [3.05, 3.63) is 71.9 Å². The second kappa shape index (κ2) is 8.70. The molecule has 1 saturated heterocycles. The standard InChI is InChI=1S/C22H23N5O2/c1-16-5-4-6-17(15-16)23-22(28)19-9-10-21(26-25-19)24-18-7-2-3-8-20(18)27-11-13-29-14-12-27/h2-10,15H,11-14H2,1H3,(H,23,28)(H,24,26). The van der Waals surface area contributed by atoms with Crippen LogP contribution in [0.1, 0.15) is 16.1 Å². The smallest absolute Gasteiger partial charge is 0.276 e. The number of aromatic nitrogens is 2. The van der Waals surface area contributed by atoms with Crippen molar-refractivity contribution in [3.63, 3.8) is 0 Å². The number of morpholine rings is 1. The van der Waals surface area contributed by atoms with Gasteiger partial charge in [0.1, 0.15) is 0 Å². The van der Waals surface area contributed by atoms with Gasteiger partial charge in [0, 0.05) is 18.8 Å². The molecule has 0 atom stereocenters. The van der Waals surface area contributed by atoms with E-state index in [1.165, 1.54) is 0 Å². The minimum atomic E-state index is -0.289. The van der Waals surface area contributed by atoms with Crippen LogP contribution in [-0.2, 0) is 4.74 Å². The van der Waals surface area contributed by atoms with Crippen LogP contribution in [-0.4, -0.2) is 42.4 Å². The molecule has 1 fully saturated rings. The Kier molecular flexibility index (Phi) is 5.67. The lowest BCUT2D eigenvalue weighted by molar-refractivity contribution is 0.102. The summed E-state index contributed by atoms with van der Waals surface area (Å²) in [5.74, 6) is 0.293. The third kappa shape index (κ3) is 4.70. The molecule has 1 aliphatic heterocycles. The normalized spacial score (nSPS) is 13.8. The van der Waals surface area contributed by atoms with Gasteiger partial charge in [-0.25, -0.2) is 0 Å². The number of rotatable bonds is 5. The molecule has 1 aliphatic rings. The quantitative estimate of drug-likeness (QED) is 0.694. The Morgan fingerprint density at radius 2 is 1.83 bits per heavy atom. The zero-order valence-corrected chi connectivity index (χ0v) is 16.3. The molecule has 0 unspecified atom stereocenters. The van der Waals surface area contributed by atoms with Gasteiger partial charge in [-0.1, -0.05) is 24.3 Å². The van der Waals surface area contributed by atoms with Gasteiger partial charge in [-0.15, -0.1) is 10.2 Å².